The van der Waals surface area contributed by atoms with E-state index in [9.17, 15) is 12.8 Å². The highest BCUT2D eigenvalue weighted by Crippen LogP contribution is 2.29. The lowest BCUT2D eigenvalue weighted by atomic mass is 10.0. The van der Waals surface area contributed by atoms with Crippen molar-refractivity contribution >= 4 is 38.2 Å². The third-order valence-electron chi connectivity index (χ3n) is 6.30. The summed E-state index contributed by atoms with van der Waals surface area (Å²) >= 11 is 0. The first-order valence-corrected chi connectivity index (χ1v) is 13.9. The Morgan fingerprint density at radius 3 is 2.78 bits per heavy atom. The van der Waals surface area contributed by atoms with Crippen LogP contribution in [0.15, 0.2) is 47.4 Å². The molecule has 0 bridgehead atoms. The van der Waals surface area contributed by atoms with Crippen molar-refractivity contribution in [2.75, 3.05) is 50.7 Å². The first kappa shape index (κ1) is 26.5. The van der Waals surface area contributed by atoms with Crippen LogP contribution in [0, 0.1) is 12.0 Å². The summed E-state index contributed by atoms with van der Waals surface area (Å²) in [6, 6.07) is 13.3. The molecule has 0 radical (unpaired) electrons. The highest BCUT2D eigenvalue weighted by atomic mass is 32.2. The van der Waals surface area contributed by atoms with E-state index in [-0.39, 0.29) is 17.5 Å². The number of methoxy groups -OCH3 is 1. The summed E-state index contributed by atoms with van der Waals surface area (Å²) in [6.07, 6.45) is 4.79. The molecule has 8 nitrogen and oxygen atoms in total. The fourth-order valence-electron chi connectivity index (χ4n) is 4.37. The van der Waals surface area contributed by atoms with E-state index in [1.54, 1.807) is 10.7 Å². The largest absolute Gasteiger partial charge is 0.495 e. The normalized spacial score (nSPS) is 18.5. The van der Waals surface area contributed by atoms with Crippen LogP contribution in [-0.4, -0.2) is 75.4 Å². The van der Waals surface area contributed by atoms with Crippen molar-refractivity contribution in [1.29, 1.82) is 0 Å². The lowest BCUT2D eigenvalue weighted by molar-refractivity contribution is 0.149. The molecule has 4 rings (SSSR count). The number of fused-ring (bicyclic) bond motifs is 1. The predicted octanol–water partition coefficient (Wildman–Crippen LogP) is 3.86. The molecular formula is C27H32FN5O3S. The smallest absolute Gasteiger partial charge is 0.175 e. The second-order valence-corrected chi connectivity index (χ2v) is 11.1. The number of nitrogens with zero attached hydrogens (tertiary/aromatic N) is 3. The number of ether oxygens (including phenoxy) is 1. The van der Waals surface area contributed by atoms with Gasteiger partial charge in [-0.2, -0.15) is 9.78 Å². The lowest BCUT2D eigenvalue weighted by Crippen LogP contribution is -2.46. The topological polar surface area (TPSA) is 88.5 Å². The van der Waals surface area contributed by atoms with Gasteiger partial charge in [-0.25, -0.2) is 12.8 Å². The van der Waals surface area contributed by atoms with Crippen LogP contribution in [-0.2, 0) is 9.84 Å². The predicted molar refractivity (Wildman–Crippen MR) is 147 cm³/mol. The van der Waals surface area contributed by atoms with Crippen molar-refractivity contribution in [1.82, 2.24) is 14.7 Å². The molecule has 2 aromatic carbocycles. The molecule has 1 aromatic heterocycles. The number of likely N-dealkylation sites (tertiary alicyclic amines) is 1. The number of hydrogen-bond donors (Lipinski definition) is 2. The third kappa shape index (κ3) is 6.06. The summed E-state index contributed by atoms with van der Waals surface area (Å²) < 4.78 is 45.3. The highest BCUT2D eigenvalue weighted by molar-refractivity contribution is 7.90. The summed E-state index contributed by atoms with van der Waals surface area (Å²) in [4.78, 5) is 2.19. The molecule has 0 amide bonds. The second-order valence-electron chi connectivity index (χ2n) is 9.09. The second kappa shape index (κ2) is 11.2. The number of rotatable bonds is 7. The fraction of sp³-hybridized carbons (Fsp3) is 0.370. The Labute approximate surface area is 217 Å². The third-order valence-corrected chi connectivity index (χ3v) is 7.41. The van der Waals surface area contributed by atoms with Crippen LogP contribution in [0.25, 0.3) is 17.0 Å². The van der Waals surface area contributed by atoms with Gasteiger partial charge in [-0.05, 0) is 44.7 Å². The summed E-state index contributed by atoms with van der Waals surface area (Å²) in [5.74, 6) is 3.48. The maximum absolute atomic E-state index is 14.7. The Bertz CT molecular complexity index is 1470. The summed E-state index contributed by atoms with van der Waals surface area (Å²) in [5.41, 5.74) is 3.00. The summed E-state index contributed by atoms with van der Waals surface area (Å²) in [7, 11) is 0.0817. The van der Waals surface area contributed by atoms with Crippen molar-refractivity contribution in [2.45, 2.75) is 30.5 Å². The van der Waals surface area contributed by atoms with Gasteiger partial charge in [-0.15, -0.1) is 0 Å². The first-order chi connectivity index (χ1) is 17.7. The van der Waals surface area contributed by atoms with E-state index in [0.29, 0.717) is 18.0 Å². The molecule has 0 unspecified atom stereocenters. The Morgan fingerprint density at radius 1 is 1.27 bits per heavy atom. The zero-order chi connectivity index (χ0) is 26.6. The van der Waals surface area contributed by atoms with Crippen LogP contribution in [0.2, 0.25) is 0 Å². The van der Waals surface area contributed by atoms with Gasteiger partial charge in [0.05, 0.1) is 41.7 Å². The molecule has 3 aromatic rings. The van der Waals surface area contributed by atoms with Gasteiger partial charge in [-0.1, -0.05) is 24.1 Å². The van der Waals surface area contributed by atoms with Crippen molar-refractivity contribution in [3.8, 4) is 17.7 Å². The molecule has 1 fully saturated rings. The van der Waals surface area contributed by atoms with Crippen LogP contribution in [0.4, 0.5) is 15.8 Å². The van der Waals surface area contributed by atoms with Crippen LogP contribution >= 0.6 is 0 Å². The van der Waals surface area contributed by atoms with Gasteiger partial charge in [0, 0.05) is 36.8 Å². The minimum atomic E-state index is -3.34. The Hall–Kier alpha value is -3.55. The average Bonchev–Trinajstić information content (AvgIpc) is 3.21. The number of sulfone groups is 1. The van der Waals surface area contributed by atoms with E-state index in [1.807, 2.05) is 49.2 Å². The Kier molecular flexibility index (Phi) is 8.05. The van der Waals surface area contributed by atoms with Crippen LogP contribution in [0.1, 0.15) is 19.0 Å². The maximum Gasteiger partial charge on any atom is 0.175 e. The molecule has 2 N–H and O–H groups in total. The molecule has 1 aliphatic heterocycles. The number of nitrogens with one attached hydrogen (secondary N) is 2. The van der Waals surface area contributed by atoms with E-state index >= 15 is 0 Å². The molecule has 10 heteroatoms. The van der Waals surface area contributed by atoms with E-state index in [2.05, 4.69) is 22.6 Å². The Balaban J connectivity index is 1.57. The van der Waals surface area contributed by atoms with E-state index < -0.39 is 16.0 Å². The van der Waals surface area contributed by atoms with Crippen molar-refractivity contribution in [2.24, 2.45) is 0 Å². The van der Waals surface area contributed by atoms with Gasteiger partial charge in [0.15, 0.2) is 9.84 Å². The van der Waals surface area contributed by atoms with Crippen LogP contribution < -0.4 is 15.4 Å². The zero-order valence-corrected chi connectivity index (χ0v) is 22.3. The summed E-state index contributed by atoms with van der Waals surface area (Å²) in [6.45, 7) is 3.46. The summed E-state index contributed by atoms with van der Waals surface area (Å²) in [5, 5.41) is 12.2. The monoisotopic (exact) mass is 525 g/mol. The number of aromatic nitrogens is 2. The minimum Gasteiger partial charge on any atom is -0.495 e. The molecule has 0 spiro atoms. The number of allylic oxidation sites excluding steroid dienone is 1. The van der Waals surface area contributed by atoms with E-state index in [0.717, 1.165) is 41.5 Å². The van der Waals surface area contributed by atoms with E-state index in [1.165, 1.54) is 19.2 Å². The van der Waals surface area contributed by atoms with Gasteiger partial charge in [0.1, 0.15) is 17.4 Å². The van der Waals surface area contributed by atoms with Gasteiger partial charge in [-0.3, -0.25) is 0 Å². The lowest BCUT2D eigenvalue weighted by Gasteiger charge is -2.33. The van der Waals surface area contributed by atoms with Crippen molar-refractivity contribution in [3.63, 3.8) is 0 Å². The number of hydrogen-bond acceptors (Lipinski definition) is 7. The SMILES string of the molecule is C/C=C/c1c2cccc(N[C@@H]3CCN(C)C[C@@H]3F)c2nn1C#CCNc1ccc(S(C)(=O)=O)cc1OC. The first-order valence-electron chi connectivity index (χ1n) is 12.1. The number of halogens is 1. The number of benzene rings is 2. The minimum absolute atomic E-state index is 0.184. The average molecular weight is 526 g/mol. The molecule has 0 aliphatic carbocycles. The number of alkyl halides is 1. The fourth-order valence-corrected chi connectivity index (χ4v) is 5.00. The van der Waals surface area contributed by atoms with Gasteiger partial charge in [0.25, 0.3) is 0 Å². The van der Waals surface area contributed by atoms with Gasteiger partial charge >= 0.3 is 0 Å². The molecule has 1 saturated heterocycles. The molecule has 196 valence electrons. The molecular weight excluding hydrogens is 493 g/mol. The molecule has 2 atom stereocenters. The molecule has 2 heterocycles. The van der Waals surface area contributed by atoms with Crippen molar-refractivity contribution in [3.05, 3.63) is 48.2 Å². The van der Waals surface area contributed by atoms with Crippen LogP contribution in [0.3, 0.4) is 0 Å². The Morgan fingerprint density at radius 2 is 2.08 bits per heavy atom. The quantitative estimate of drug-likeness (QED) is 0.453. The molecule has 0 saturated carbocycles. The maximum atomic E-state index is 14.7. The number of anilines is 2. The van der Waals surface area contributed by atoms with Crippen LogP contribution in [0.5, 0.6) is 5.75 Å². The van der Waals surface area contributed by atoms with E-state index in [4.69, 9.17) is 9.84 Å². The standard InChI is InChI=1S/C27H32FN5O3S/c1-5-8-25-20-9-6-10-24(30-22-13-16-32(2)18-21(22)28)27(20)31-33(25)15-7-14-29-23-12-11-19(37(4,34)35)17-26(23)36-3/h5-6,8-12,17,21-22,29-30H,13-14,16,18H2,1-4H3/b8-5+/t21-,22+/m0/s1. The van der Waals surface area contributed by atoms with Gasteiger partial charge < -0.3 is 20.3 Å². The zero-order valence-electron chi connectivity index (χ0n) is 21.5. The van der Waals surface area contributed by atoms with Crippen molar-refractivity contribution < 1.29 is 17.5 Å². The highest BCUT2D eigenvalue weighted by Gasteiger charge is 2.28. The molecule has 37 heavy (non-hydrogen) atoms. The molecule has 1 aliphatic rings. The number of piperidine rings is 1. The van der Waals surface area contributed by atoms with Gasteiger partial charge in [0.2, 0.25) is 0 Å².